The molecular weight excluding hydrogens is 487 g/mol. The molecule has 4 aromatic rings. The number of aromatic amines is 1. The van der Waals surface area contributed by atoms with Gasteiger partial charge >= 0.3 is 5.97 Å². The van der Waals surface area contributed by atoms with Crippen LogP contribution in [0.15, 0.2) is 66.9 Å². The highest BCUT2D eigenvalue weighted by Gasteiger charge is 2.20. The highest BCUT2D eigenvalue weighted by atomic mass is 35.5. The van der Waals surface area contributed by atoms with Gasteiger partial charge in [0.05, 0.1) is 11.6 Å². The fourth-order valence-corrected chi connectivity index (χ4v) is 4.38. The van der Waals surface area contributed by atoms with Crippen molar-refractivity contribution in [3.63, 3.8) is 0 Å². The molecule has 0 saturated carbocycles. The summed E-state index contributed by atoms with van der Waals surface area (Å²) < 4.78 is 11.7. The molecule has 8 heteroatoms. The summed E-state index contributed by atoms with van der Waals surface area (Å²) in [5.74, 6) is -0.00998. The van der Waals surface area contributed by atoms with Crippen LogP contribution in [0.4, 0.5) is 0 Å². The highest BCUT2D eigenvalue weighted by Crippen LogP contribution is 2.37. The van der Waals surface area contributed by atoms with E-state index in [2.05, 4.69) is 10.3 Å². The molecule has 0 aliphatic heterocycles. The largest absolute Gasteiger partial charge is 0.490 e. The van der Waals surface area contributed by atoms with E-state index >= 15 is 0 Å². The van der Waals surface area contributed by atoms with Crippen LogP contribution in [0.2, 0.25) is 10.0 Å². The highest BCUT2D eigenvalue weighted by molar-refractivity contribution is 6.32. The first kappa shape index (κ1) is 24.9. The summed E-state index contributed by atoms with van der Waals surface area (Å²) in [6, 6.07) is 18.0. The molecule has 4 rings (SSSR count). The number of carboxylic acid groups (broad SMARTS) is 1. The minimum absolute atomic E-state index is 0.239. The number of ether oxygens (including phenoxy) is 2. The van der Waals surface area contributed by atoms with Crippen LogP contribution in [0.25, 0.3) is 10.9 Å². The van der Waals surface area contributed by atoms with Crippen LogP contribution < -0.4 is 14.8 Å². The number of carboxylic acids is 1. The molecule has 1 heterocycles. The maximum atomic E-state index is 12.0. The first-order valence-corrected chi connectivity index (χ1v) is 12.0. The average molecular weight is 513 g/mol. The third-order valence-electron chi connectivity index (χ3n) is 5.65. The predicted octanol–water partition coefficient (Wildman–Crippen LogP) is 6.24. The Hall–Kier alpha value is -3.19. The predicted molar refractivity (Wildman–Crippen MR) is 139 cm³/mol. The van der Waals surface area contributed by atoms with Gasteiger partial charge in [-0.25, -0.2) is 0 Å². The number of fused-ring (bicyclic) bond motifs is 1. The Labute approximate surface area is 213 Å². The number of para-hydroxylation sites is 1. The van der Waals surface area contributed by atoms with E-state index < -0.39 is 12.0 Å². The maximum absolute atomic E-state index is 12.0. The van der Waals surface area contributed by atoms with Crippen LogP contribution >= 0.6 is 23.2 Å². The van der Waals surface area contributed by atoms with Crippen LogP contribution in [0.1, 0.15) is 23.6 Å². The molecule has 0 amide bonds. The van der Waals surface area contributed by atoms with Crippen molar-refractivity contribution in [2.45, 2.75) is 32.5 Å². The smallest absolute Gasteiger partial charge is 0.321 e. The summed E-state index contributed by atoms with van der Waals surface area (Å²) in [7, 11) is 0. The Balaban J connectivity index is 1.48. The number of hydrogen-bond donors (Lipinski definition) is 3. The summed E-state index contributed by atoms with van der Waals surface area (Å²) in [5.41, 5.74) is 3.54. The first-order valence-electron chi connectivity index (χ1n) is 11.3. The fraction of sp³-hybridized carbons (Fsp3) is 0.222. The number of halogens is 2. The van der Waals surface area contributed by atoms with Crippen molar-refractivity contribution in [1.82, 2.24) is 10.3 Å². The van der Waals surface area contributed by atoms with Crippen LogP contribution in [0, 0.1) is 0 Å². The molecule has 0 saturated heterocycles. The molecule has 0 aliphatic carbocycles. The molecule has 0 fully saturated rings. The van der Waals surface area contributed by atoms with Crippen LogP contribution in [-0.4, -0.2) is 28.7 Å². The molecule has 6 nitrogen and oxygen atoms in total. The minimum Gasteiger partial charge on any atom is -0.490 e. The van der Waals surface area contributed by atoms with E-state index in [9.17, 15) is 9.90 Å². The van der Waals surface area contributed by atoms with Gasteiger partial charge in [0.15, 0.2) is 11.5 Å². The molecule has 3 N–H and O–H groups in total. The zero-order valence-electron chi connectivity index (χ0n) is 19.2. The Bertz CT molecular complexity index is 1320. The van der Waals surface area contributed by atoms with E-state index in [1.54, 1.807) is 12.1 Å². The summed E-state index contributed by atoms with van der Waals surface area (Å²) >= 11 is 12.8. The van der Waals surface area contributed by atoms with Crippen LogP contribution in [-0.2, 0) is 24.4 Å². The molecule has 1 atom stereocenters. The van der Waals surface area contributed by atoms with Crippen molar-refractivity contribution < 1.29 is 19.4 Å². The van der Waals surface area contributed by atoms with E-state index in [1.165, 1.54) is 0 Å². The Morgan fingerprint density at radius 1 is 1.03 bits per heavy atom. The number of carbonyl (C=O) groups is 1. The summed E-state index contributed by atoms with van der Waals surface area (Å²) in [6.45, 7) is 2.83. The van der Waals surface area contributed by atoms with Gasteiger partial charge in [0.25, 0.3) is 0 Å². The Morgan fingerprint density at radius 3 is 2.57 bits per heavy atom. The number of hydrogen-bond acceptors (Lipinski definition) is 4. The zero-order valence-corrected chi connectivity index (χ0v) is 20.7. The van der Waals surface area contributed by atoms with E-state index in [1.807, 2.05) is 61.7 Å². The number of aliphatic carboxylic acids is 1. The van der Waals surface area contributed by atoms with Gasteiger partial charge in [0, 0.05) is 40.7 Å². The number of nitrogens with one attached hydrogen (secondary N) is 2. The van der Waals surface area contributed by atoms with Gasteiger partial charge in [-0.1, -0.05) is 59.6 Å². The lowest BCUT2D eigenvalue weighted by atomic mass is 10.0. The number of benzene rings is 3. The first-order chi connectivity index (χ1) is 17.0. The molecule has 182 valence electrons. The third kappa shape index (κ3) is 6.09. The van der Waals surface area contributed by atoms with Crippen molar-refractivity contribution in [3.05, 3.63) is 93.6 Å². The topological polar surface area (TPSA) is 83.6 Å². The Morgan fingerprint density at radius 2 is 1.80 bits per heavy atom. The number of H-pyrrole nitrogens is 1. The van der Waals surface area contributed by atoms with Gasteiger partial charge in [0.2, 0.25) is 0 Å². The Kier molecular flexibility index (Phi) is 8.18. The molecule has 0 radical (unpaired) electrons. The van der Waals surface area contributed by atoms with E-state index in [0.29, 0.717) is 41.1 Å². The monoisotopic (exact) mass is 512 g/mol. The molecule has 0 aliphatic rings. The molecular formula is C27H26Cl2N2O4. The summed E-state index contributed by atoms with van der Waals surface area (Å²) in [5, 5.41) is 14.9. The van der Waals surface area contributed by atoms with Crippen molar-refractivity contribution in [2.75, 3.05) is 6.61 Å². The SMILES string of the molecule is CCOc1cc(CNC(Cc2c[nH]c3ccccc23)C(=O)O)cc(Cl)c1OCc1ccccc1Cl. The van der Waals surface area contributed by atoms with Gasteiger partial charge in [-0.15, -0.1) is 0 Å². The molecule has 0 spiro atoms. The molecule has 35 heavy (non-hydrogen) atoms. The lowest BCUT2D eigenvalue weighted by Gasteiger charge is -2.18. The van der Waals surface area contributed by atoms with E-state index in [-0.39, 0.29) is 6.61 Å². The van der Waals surface area contributed by atoms with Crippen LogP contribution in [0.3, 0.4) is 0 Å². The number of aromatic nitrogens is 1. The van der Waals surface area contributed by atoms with Crippen molar-refractivity contribution >= 4 is 40.1 Å². The van der Waals surface area contributed by atoms with Crippen LogP contribution in [0.5, 0.6) is 11.5 Å². The summed E-state index contributed by atoms with van der Waals surface area (Å²) in [4.78, 5) is 15.2. The molecule has 3 aromatic carbocycles. The lowest BCUT2D eigenvalue weighted by molar-refractivity contribution is -0.139. The second-order valence-corrected chi connectivity index (χ2v) is 8.87. The quantitative estimate of drug-likeness (QED) is 0.221. The van der Waals surface area contributed by atoms with E-state index in [0.717, 1.165) is 27.6 Å². The van der Waals surface area contributed by atoms with Gasteiger partial charge in [-0.05, 0) is 42.3 Å². The second kappa shape index (κ2) is 11.5. The minimum atomic E-state index is -0.925. The molecule has 0 bridgehead atoms. The zero-order chi connectivity index (χ0) is 24.8. The van der Waals surface area contributed by atoms with Gasteiger partial charge in [-0.3, -0.25) is 4.79 Å². The van der Waals surface area contributed by atoms with Gasteiger partial charge in [-0.2, -0.15) is 0 Å². The second-order valence-electron chi connectivity index (χ2n) is 8.05. The van der Waals surface area contributed by atoms with Gasteiger partial charge < -0.3 is 24.9 Å². The maximum Gasteiger partial charge on any atom is 0.321 e. The van der Waals surface area contributed by atoms with Crippen molar-refractivity contribution in [2.24, 2.45) is 0 Å². The van der Waals surface area contributed by atoms with Crippen molar-refractivity contribution in [1.29, 1.82) is 0 Å². The standard InChI is InChI=1S/C27H26Cl2N2O4/c1-2-34-25-12-17(11-22(29)26(25)35-16-18-7-3-5-9-21(18)28)14-30-24(27(32)33)13-19-15-31-23-10-6-4-8-20(19)23/h3-12,15,24,30-31H,2,13-14,16H2,1H3,(H,32,33). The van der Waals surface area contributed by atoms with Gasteiger partial charge in [0.1, 0.15) is 12.6 Å². The lowest BCUT2D eigenvalue weighted by Crippen LogP contribution is -2.38. The van der Waals surface area contributed by atoms with E-state index in [4.69, 9.17) is 32.7 Å². The summed E-state index contributed by atoms with van der Waals surface area (Å²) in [6.07, 6.45) is 2.20. The number of rotatable bonds is 11. The van der Waals surface area contributed by atoms with Crippen molar-refractivity contribution in [3.8, 4) is 11.5 Å². The third-order valence-corrected chi connectivity index (χ3v) is 6.30. The molecule has 1 unspecified atom stereocenters. The average Bonchev–Trinajstić information content (AvgIpc) is 3.25. The molecule has 1 aromatic heterocycles. The normalized spacial score (nSPS) is 12.0. The fourth-order valence-electron chi connectivity index (χ4n) is 3.90.